The van der Waals surface area contributed by atoms with Crippen LogP contribution < -0.4 is 4.74 Å². The molecule has 28 heavy (non-hydrogen) atoms. The fourth-order valence-corrected chi connectivity index (χ4v) is 4.32. The van der Waals surface area contributed by atoms with Gasteiger partial charge < -0.3 is 24.8 Å². The number of benzene rings is 1. The summed E-state index contributed by atoms with van der Waals surface area (Å²) in [6.07, 6.45) is -0.382. The van der Waals surface area contributed by atoms with Gasteiger partial charge in [-0.1, -0.05) is 25.8 Å². The van der Waals surface area contributed by atoms with Crippen molar-refractivity contribution < 1.29 is 33.6 Å². The van der Waals surface area contributed by atoms with Gasteiger partial charge in [-0.3, -0.25) is 0 Å². The maximum atomic E-state index is 12.8. The molecule has 5 atom stereocenters. The summed E-state index contributed by atoms with van der Waals surface area (Å²) in [6.45, 7) is 0.931. The van der Waals surface area contributed by atoms with E-state index in [-0.39, 0.29) is 5.75 Å². The molecule has 1 heterocycles. The van der Waals surface area contributed by atoms with Gasteiger partial charge in [-0.05, 0) is 61.3 Å². The summed E-state index contributed by atoms with van der Waals surface area (Å²) < 4.78 is 36.1. The van der Waals surface area contributed by atoms with Gasteiger partial charge in [0.15, 0.2) is 0 Å². The predicted octanol–water partition coefficient (Wildman–Crippen LogP) is 3.20. The Balaban J connectivity index is 1.84. The lowest BCUT2D eigenvalue weighted by molar-refractivity contribution is -0.219. The molecule has 1 aromatic rings. The Morgan fingerprint density at radius 1 is 1.04 bits per heavy atom. The van der Waals surface area contributed by atoms with Crippen molar-refractivity contribution in [2.24, 2.45) is 11.8 Å². The van der Waals surface area contributed by atoms with E-state index < -0.39 is 37.1 Å². The van der Waals surface area contributed by atoms with Crippen LogP contribution in [0.2, 0.25) is 0 Å². The molecule has 1 saturated heterocycles. The summed E-state index contributed by atoms with van der Waals surface area (Å²) in [7, 11) is 0. The van der Waals surface area contributed by atoms with Crippen LogP contribution in [0.4, 0.5) is 8.78 Å². The number of hydrogen-bond donors (Lipinski definition) is 3. The SMILES string of the molecule is CC1CCC(Cc2cc([C@@H]3O[C@H](C)[C@@H](O)[C@H](O)[C@H]3O)ccc2OC(F)F)CC1. The van der Waals surface area contributed by atoms with Crippen LogP contribution in [0, 0.1) is 11.8 Å². The lowest BCUT2D eigenvalue weighted by Gasteiger charge is -2.39. The molecule has 1 aliphatic heterocycles. The van der Waals surface area contributed by atoms with E-state index in [1.54, 1.807) is 19.1 Å². The quantitative estimate of drug-likeness (QED) is 0.707. The highest BCUT2D eigenvalue weighted by Gasteiger charge is 2.42. The van der Waals surface area contributed by atoms with E-state index in [0.717, 1.165) is 25.7 Å². The normalized spacial score (nSPS) is 36.5. The van der Waals surface area contributed by atoms with E-state index in [1.165, 1.54) is 6.07 Å². The van der Waals surface area contributed by atoms with E-state index >= 15 is 0 Å². The molecule has 0 radical (unpaired) electrons. The van der Waals surface area contributed by atoms with Gasteiger partial charge in [0, 0.05) is 0 Å². The standard InChI is InChI=1S/C21H30F2O5/c1-11-3-5-13(6-4-11)9-15-10-14(7-8-16(15)28-21(22)23)20-19(26)18(25)17(24)12(2)27-20/h7-8,10-13,17-21,24-26H,3-6,9H2,1-2H3/t11?,12-,13?,17-,18+,19-,20+/m1/s1. The fraction of sp³-hybridized carbons (Fsp3) is 0.714. The summed E-state index contributed by atoms with van der Waals surface area (Å²) in [6, 6.07) is 4.76. The minimum Gasteiger partial charge on any atom is -0.435 e. The van der Waals surface area contributed by atoms with Crippen molar-refractivity contribution in [3.63, 3.8) is 0 Å². The zero-order valence-electron chi connectivity index (χ0n) is 16.3. The summed E-state index contributed by atoms with van der Waals surface area (Å²) in [5, 5.41) is 30.3. The molecule has 0 unspecified atom stereocenters. The third-order valence-corrected chi connectivity index (χ3v) is 6.13. The molecule has 0 amide bonds. The Morgan fingerprint density at radius 3 is 2.36 bits per heavy atom. The van der Waals surface area contributed by atoms with Gasteiger partial charge in [0.05, 0.1) is 6.10 Å². The molecular formula is C21H30F2O5. The third kappa shape index (κ3) is 4.82. The molecule has 0 bridgehead atoms. The van der Waals surface area contributed by atoms with Crippen molar-refractivity contribution in [3.8, 4) is 5.75 Å². The predicted molar refractivity (Wildman–Crippen MR) is 99.2 cm³/mol. The van der Waals surface area contributed by atoms with Crippen molar-refractivity contribution in [3.05, 3.63) is 29.3 Å². The second-order valence-corrected chi connectivity index (χ2v) is 8.31. The number of alkyl halides is 2. The van der Waals surface area contributed by atoms with Gasteiger partial charge in [0.2, 0.25) is 0 Å². The van der Waals surface area contributed by atoms with Crippen LogP contribution in [-0.2, 0) is 11.2 Å². The maximum Gasteiger partial charge on any atom is 0.387 e. The van der Waals surface area contributed by atoms with Crippen LogP contribution >= 0.6 is 0 Å². The largest absolute Gasteiger partial charge is 0.435 e. The average molecular weight is 400 g/mol. The number of rotatable bonds is 5. The highest BCUT2D eigenvalue weighted by atomic mass is 19.3. The number of halogens is 2. The first-order valence-corrected chi connectivity index (χ1v) is 10.0. The smallest absolute Gasteiger partial charge is 0.387 e. The first kappa shape index (κ1) is 21.4. The van der Waals surface area contributed by atoms with E-state index in [2.05, 4.69) is 6.92 Å². The molecular weight excluding hydrogens is 370 g/mol. The molecule has 1 aromatic carbocycles. The first-order chi connectivity index (χ1) is 13.3. The highest BCUT2D eigenvalue weighted by Crippen LogP contribution is 2.37. The second kappa shape index (κ2) is 9.03. The van der Waals surface area contributed by atoms with Gasteiger partial charge in [0.1, 0.15) is 30.2 Å². The Morgan fingerprint density at radius 2 is 1.71 bits per heavy atom. The molecule has 3 rings (SSSR count). The van der Waals surface area contributed by atoms with Crippen molar-refractivity contribution in [2.45, 2.75) is 83.1 Å². The van der Waals surface area contributed by atoms with Crippen LogP contribution in [0.1, 0.15) is 56.8 Å². The van der Waals surface area contributed by atoms with Gasteiger partial charge in [-0.25, -0.2) is 0 Å². The number of aliphatic hydroxyl groups excluding tert-OH is 3. The Kier molecular flexibility index (Phi) is 6.91. The van der Waals surface area contributed by atoms with Crippen LogP contribution in [0.3, 0.4) is 0 Å². The molecule has 3 N–H and O–H groups in total. The Labute approximate surface area is 164 Å². The van der Waals surface area contributed by atoms with Crippen molar-refractivity contribution in [2.75, 3.05) is 0 Å². The van der Waals surface area contributed by atoms with Crippen LogP contribution in [0.25, 0.3) is 0 Å². The van der Waals surface area contributed by atoms with Crippen LogP contribution in [-0.4, -0.2) is 46.3 Å². The summed E-state index contributed by atoms with van der Waals surface area (Å²) in [5.41, 5.74) is 1.23. The van der Waals surface area contributed by atoms with Crippen molar-refractivity contribution in [1.29, 1.82) is 0 Å². The lowest BCUT2D eigenvalue weighted by atomic mass is 9.79. The molecule has 2 aliphatic rings. The number of hydrogen-bond acceptors (Lipinski definition) is 5. The molecule has 1 saturated carbocycles. The lowest BCUT2D eigenvalue weighted by Crippen LogP contribution is -2.53. The highest BCUT2D eigenvalue weighted by molar-refractivity contribution is 5.39. The Hall–Kier alpha value is -1.28. The maximum absolute atomic E-state index is 12.8. The van der Waals surface area contributed by atoms with Gasteiger partial charge in [-0.2, -0.15) is 8.78 Å². The summed E-state index contributed by atoms with van der Waals surface area (Å²) in [5.74, 6) is 1.23. The van der Waals surface area contributed by atoms with E-state index in [1.807, 2.05) is 0 Å². The number of ether oxygens (including phenoxy) is 2. The zero-order chi connectivity index (χ0) is 20.4. The van der Waals surface area contributed by atoms with Crippen LogP contribution in [0.15, 0.2) is 18.2 Å². The van der Waals surface area contributed by atoms with Crippen LogP contribution in [0.5, 0.6) is 5.75 Å². The average Bonchev–Trinajstić information content (AvgIpc) is 2.66. The van der Waals surface area contributed by atoms with E-state index in [0.29, 0.717) is 29.4 Å². The Bertz CT molecular complexity index is 648. The fourth-order valence-electron chi connectivity index (χ4n) is 4.32. The first-order valence-electron chi connectivity index (χ1n) is 10.0. The molecule has 2 fully saturated rings. The third-order valence-electron chi connectivity index (χ3n) is 6.13. The minimum absolute atomic E-state index is 0.135. The molecule has 0 spiro atoms. The van der Waals surface area contributed by atoms with E-state index in [4.69, 9.17) is 9.47 Å². The van der Waals surface area contributed by atoms with Gasteiger partial charge in [0.25, 0.3) is 0 Å². The van der Waals surface area contributed by atoms with Crippen molar-refractivity contribution in [1.82, 2.24) is 0 Å². The molecule has 0 aromatic heterocycles. The molecule has 5 nitrogen and oxygen atoms in total. The summed E-state index contributed by atoms with van der Waals surface area (Å²) in [4.78, 5) is 0. The molecule has 7 heteroatoms. The molecule has 1 aliphatic carbocycles. The zero-order valence-corrected chi connectivity index (χ0v) is 16.3. The van der Waals surface area contributed by atoms with Gasteiger partial charge in [-0.15, -0.1) is 0 Å². The van der Waals surface area contributed by atoms with Gasteiger partial charge >= 0.3 is 6.61 Å². The van der Waals surface area contributed by atoms with Crippen molar-refractivity contribution >= 4 is 0 Å². The second-order valence-electron chi connectivity index (χ2n) is 8.31. The molecule has 158 valence electrons. The topological polar surface area (TPSA) is 79.2 Å². The monoisotopic (exact) mass is 400 g/mol. The summed E-state index contributed by atoms with van der Waals surface area (Å²) >= 11 is 0. The van der Waals surface area contributed by atoms with E-state index in [9.17, 15) is 24.1 Å². The minimum atomic E-state index is -2.91. The number of aliphatic hydroxyl groups is 3.